The van der Waals surface area contributed by atoms with Gasteiger partial charge in [-0.05, 0) is 64.4 Å². The van der Waals surface area contributed by atoms with Crippen molar-refractivity contribution in [3.8, 4) is 11.8 Å². The Bertz CT molecular complexity index is 1250. The van der Waals surface area contributed by atoms with Crippen molar-refractivity contribution in [1.82, 2.24) is 4.57 Å². The van der Waals surface area contributed by atoms with E-state index in [1.807, 2.05) is 18.2 Å². The van der Waals surface area contributed by atoms with Gasteiger partial charge in [-0.25, -0.2) is 0 Å². The zero-order valence-corrected chi connectivity index (χ0v) is 20.1. The fourth-order valence-corrected chi connectivity index (χ4v) is 4.37. The lowest BCUT2D eigenvalue weighted by Gasteiger charge is -2.19. The van der Waals surface area contributed by atoms with Crippen LogP contribution in [0.2, 0.25) is 0 Å². The minimum Gasteiger partial charge on any atom is -0.308 e. The monoisotopic (exact) mass is 458 g/mol. The molecule has 3 heteroatoms. The van der Waals surface area contributed by atoms with Crippen LogP contribution in [-0.2, 0) is 10.8 Å². The van der Waals surface area contributed by atoms with Crippen LogP contribution in [0.25, 0.3) is 27.5 Å². The predicted molar refractivity (Wildman–Crippen MR) is 131 cm³/mol. The second kappa shape index (κ2) is 7.00. The minimum absolute atomic E-state index is 0.0691. The second-order valence-electron chi connectivity index (χ2n) is 10.1. The van der Waals surface area contributed by atoms with Crippen LogP contribution in [0, 0.1) is 11.3 Å². The van der Waals surface area contributed by atoms with Gasteiger partial charge >= 0.3 is 0 Å². The van der Waals surface area contributed by atoms with Crippen LogP contribution in [0.5, 0.6) is 0 Å². The van der Waals surface area contributed by atoms with Gasteiger partial charge in [0.25, 0.3) is 0 Å². The van der Waals surface area contributed by atoms with Crippen molar-refractivity contribution in [2.24, 2.45) is 0 Å². The number of hydrogen-bond acceptors (Lipinski definition) is 1. The summed E-state index contributed by atoms with van der Waals surface area (Å²) in [7, 11) is 0. The molecule has 0 amide bonds. The van der Waals surface area contributed by atoms with Crippen LogP contribution in [0.1, 0.15) is 58.2 Å². The number of aromatic nitrogens is 1. The number of fused-ring (bicyclic) bond motifs is 3. The Labute approximate surface area is 187 Å². The molecule has 0 aliphatic heterocycles. The SMILES string of the molecule is CC(C)(C)c1ccc2c(c1)c1cc(C(C)(C)C)ccc1n2-c1ccc(Br)cc1C#N. The number of halogens is 1. The van der Waals surface area contributed by atoms with E-state index in [1.165, 1.54) is 21.9 Å². The van der Waals surface area contributed by atoms with Gasteiger partial charge in [-0.3, -0.25) is 0 Å². The summed E-state index contributed by atoms with van der Waals surface area (Å²) in [4.78, 5) is 0. The first-order valence-electron chi connectivity index (χ1n) is 10.3. The molecule has 0 spiro atoms. The molecule has 0 atom stereocenters. The molecule has 4 aromatic rings. The number of nitrogens with zero attached hydrogens (tertiary/aromatic N) is 2. The summed E-state index contributed by atoms with van der Waals surface area (Å²) in [6, 6.07) is 21.8. The van der Waals surface area contributed by atoms with E-state index in [4.69, 9.17) is 0 Å². The van der Waals surface area contributed by atoms with Crippen LogP contribution in [0.15, 0.2) is 59.1 Å². The minimum atomic E-state index is 0.0691. The van der Waals surface area contributed by atoms with Gasteiger partial charge in [-0.2, -0.15) is 5.26 Å². The average molecular weight is 459 g/mol. The molecule has 0 fully saturated rings. The highest BCUT2D eigenvalue weighted by molar-refractivity contribution is 9.10. The Hall–Kier alpha value is -2.57. The van der Waals surface area contributed by atoms with E-state index in [0.717, 1.165) is 21.2 Å². The van der Waals surface area contributed by atoms with Gasteiger partial charge in [0.05, 0.1) is 22.3 Å². The Morgan fingerprint density at radius 1 is 0.733 bits per heavy atom. The first kappa shape index (κ1) is 20.7. The number of hydrogen-bond donors (Lipinski definition) is 0. The highest BCUT2D eigenvalue weighted by Crippen LogP contribution is 2.38. The molecule has 0 saturated carbocycles. The van der Waals surface area contributed by atoms with Gasteiger partial charge in [0.15, 0.2) is 0 Å². The fourth-order valence-electron chi connectivity index (χ4n) is 4.01. The van der Waals surface area contributed by atoms with Gasteiger partial charge in [0.2, 0.25) is 0 Å². The molecular weight excluding hydrogens is 432 g/mol. The second-order valence-corrected chi connectivity index (χ2v) is 11.0. The summed E-state index contributed by atoms with van der Waals surface area (Å²) in [5, 5.41) is 12.3. The van der Waals surface area contributed by atoms with E-state index in [-0.39, 0.29) is 10.8 Å². The van der Waals surface area contributed by atoms with Gasteiger partial charge in [0, 0.05) is 15.2 Å². The van der Waals surface area contributed by atoms with Gasteiger partial charge in [-0.15, -0.1) is 0 Å². The summed E-state index contributed by atoms with van der Waals surface area (Å²) in [6.07, 6.45) is 0. The highest BCUT2D eigenvalue weighted by Gasteiger charge is 2.21. The lowest BCUT2D eigenvalue weighted by atomic mass is 9.85. The molecule has 0 aliphatic rings. The third kappa shape index (κ3) is 3.44. The highest BCUT2D eigenvalue weighted by atomic mass is 79.9. The summed E-state index contributed by atoms with van der Waals surface area (Å²) < 4.78 is 3.14. The number of nitriles is 1. The molecule has 3 aromatic carbocycles. The van der Waals surface area contributed by atoms with Crippen molar-refractivity contribution in [2.75, 3.05) is 0 Å². The largest absolute Gasteiger partial charge is 0.308 e. The molecule has 152 valence electrons. The van der Waals surface area contributed by atoms with Crippen molar-refractivity contribution < 1.29 is 0 Å². The molecule has 0 saturated heterocycles. The standard InChI is InChI=1S/C27H27BrN2/c1-26(2,3)18-7-10-24-21(14-18)22-15-19(27(4,5)6)8-11-25(22)30(24)23-12-9-20(28)13-17(23)16-29/h7-15H,1-6H3. The summed E-state index contributed by atoms with van der Waals surface area (Å²) in [6.45, 7) is 13.5. The zero-order valence-electron chi connectivity index (χ0n) is 18.5. The van der Waals surface area contributed by atoms with Crippen LogP contribution < -0.4 is 0 Å². The van der Waals surface area contributed by atoms with E-state index >= 15 is 0 Å². The first-order valence-corrected chi connectivity index (χ1v) is 11.1. The lowest BCUT2D eigenvalue weighted by Crippen LogP contribution is -2.10. The van der Waals surface area contributed by atoms with Crippen molar-refractivity contribution >= 4 is 37.7 Å². The normalized spacial score (nSPS) is 12.5. The Morgan fingerprint density at radius 3 is 1.67 bits per heavy atom. The summed E-state index contributed by atoms with van der Waals surface area (Å²) >= 11 is 3.50. The molecular formula is C27H27BrN2. The van der Waals surface area contributed by atoms with Gasteiger partial charge in [-0.1, -0.05) is 69.6 Å². The maximum atomic E-state index is 9.80. The molecule has 0 unspecified atom stereocenters. The quantitative estimate of drug-likeness (QED) is 0.283. The topological polar surface area (TPSA) is 28.7 Å². The van der Waals surface area contributed by atoms with Crippen molar-refractivity contribution in [3.63, 3.8) is 0 Å². The van der Waals surface area contributed by atoms with Crippen molar-refractivity contribution in [2.45, 2.75) is 52.4 Å². The molecule has 0 N–H and O–H groups in total. The molecule has 30 heavy (non-hydrogen) atoms. The lowest BCUT2D eigenvalue weighted by molar-refractivity contribution is 0.590. The summed E-state index contributed by atoms with van der Waals surface area (Å²) in [5.41, 5.74) is 6.58. The summed E-state index contributed by atoms with van der Waals surface area (Å²) in [5.74, 6) is 0. The van der Waals surface area contributed by atoms with E-state index < -0.39 is 0 Å². The van der Waals surface area contributed by atoms with Crippen molar-refractivity contribution in [1.29, 1.82) is 5.26 Å². The van der Waals surface area contributed by atoms with Gasteiger partial charge in [0.1, 0.15) is 6.07 Å². The smallest absolute Gasteiger partial charge is 0.101 e. The average Bonchev–Trinajstić information content (AvgIpc) is 2.99. The molecule has 1 aromatic heterocycles. The van der Waals surface area contributed by atoms with Crippen LogP contribution in [-0.4, -0.2) is 4.57 Å². The van der Waals surface area contributed by atoms with E-state index in [1.54, 1.807) is 0 Å². The maximum Gasteiger partial charge on any atom is 0.101 e. The van der Waals surface area contributed by atoms with Crippen LogP contribution >= 0.6 is 15.9 Å². The zero-order chi connectivity index (χ0) is 21.8. The van der Waals surface area contributed by atoms with Crippen LogP contribution in [0.3, 0.4) is 0 Å². The fraction of sp³-hybridized carbons (Fsp3) is 0.296. The number of rotatable bonds is 1. The van der Waals surface area contributed by atoms with E-state index in [0.29, 0.717) is 5.56 Å². The Kier molecular flexibility index (Phi) is 4.83. The van der Waals surface area contributed by atoms with E-state index in [2.05, 4.69) is 105 Å². The first-order chi connectivity index (χ1) is 14.0. The molecule has 4 rings (SSSR count). The third-order valence-electron chi connectivity index (χ3n) is 5.82. The molecule has 0 bridgehead atoms. The number of benzene rings is 3. The molecule has 0 aliphatic carbocycles. The van der Waals surface area contributed by atoms with Gasteiger partial charge < -0.3 is 4.57 Å². The maximum absolute atomic E-state index is 9.80. The Morgan fingerprint density at radius 2 is 1.23 bits per heavy atom. The molecule has 1 heterocycles. The van der Waals surface area contributed by atoms with E-state index in [9.17, 15) is 5.26 Å². The van der Waals surface area contributed by atoms with Crippen LogP contribution in [0.4, 0.5) is 0 Å². The predicted octanol–water partition coefficient (Wildman–Crippen LogP) is 8.01. The Balaban J connectivity index is 2.16. The molecule has 0 radical (unpaired) electrons. The third-order valence-corrected chi connectivity index (χ3v) is 6.31. The molecule has 2 nitrogen and oxygen atoms in total. The van der Waals surface area contributed by atoms with Crippen molar-refractivity contribution in [3.05, 3.63) is 75.8 Å².